The smallest absolute Gasteiger partial charge is 0.0604 e. The minimum atomic E-state index is 0.555. The van der Waals surface area contributed by atoms with Gasteiger partial charge in [0.25, 0.3) is 0 Å². The molecule has 1 atom stereocenters. The molecule has 3 aliphatic carbocycles. The van der Waals surface area contributed by atoms with Gasteiger partial charge in [-0.1, -0.05) is 19.3 Å². The van der Waals surface area contributed by atoms with Gasteiger partial charge in [0, 0.05) is 18.7 Å². The van der Waals surface area contributed by atoms with Gasteiger partial charge in [-0.25, -0.2) is 0 Å². The molecule has 0 bridgehead atoms. The average Bonchev–Trinajstić information content (AvgIpc) is 2.31. The third kappa shape index (κ3) is 2.26. The molecule has 2 heteroatoms. The van der Waals surface area contributed by atoms with Gasteiger partial charge in [0.15, 0.2) is 0 Å². The first kappa shape index (κ1) is 12.0. The summed E-state index contributed by atoms with van der Waals surface area (Å²) >= 11 is 0. The summed E-state index contributed by atoms with van der Waals surface area (Å²) in [5.41, 5.74) is 0.717. The van der Waals surface area contributed by atoms with Crippen molar-refractivity contribution in [2.24, 2.45) is 5.41 Å². The zero-order valence-electron chi connectivity index (χ0n) is 11.2. The molecule has 3 fully saturated rings. The van der Waals surface area contributed by atoms with E-state index < -0.39 is 0 Å². The van der Waals surface area contributed by atoms with Gasteiger partial charge in [-0.15, -0.1) is 0 Å². The average molecular weight is 237 g/mol. The lowest BCUT2D eigenvalue weighted by atomic mass is 9.57. The highest BCUT2D eigenvalue weighted by atomic mass is 16.5. The zero-order valence-corrected chi connectivity index (χ0v) is 11.2. The van der Waals surface area contributed by atoms with Gasteiger partial charge in [0.2, 0.25) is 0 Å². The number of hydrogen-bond donors (Lipinski definition) is 1. The molecule has 3 rings (SSSR count). The third-order valence-electron chi connectivity index (χ3n) is 5.45. The molecule has 1 unspecified atom stereocenters. The first-order valence-electron chi connectivity index (χ1n) is 7.70. The summed E-state index contributed by atoms with van der Waals surface area (Å²) in [5.74, 6) is 0. The summed E-state index contributed by atoms with van der Waals surface area (Å²) in [7, 11) is 0. The molecule has 0 heterocycles. The van der Waals surface area contributed by atoms with E-state index in [9.17, 15) is 0 Å². The van der Waals surface area contributed by atoms with Crippen molar-refractivity contribution < 1.29 is 4.74 Å². The lowest BCUT2D eigenvalue weighted by Gasteiger charge is -2.55. The summed E-state index contributed by atoms with van der Waals surface area (Å²) in [4.78, 5) is 0. The first-order chi connectivity index (χ1) is 8.32. The fourth-order valence-electron chi connectivity index (χ4n) is 4.17. The summed E-state index contributed by atoms with van der Waals surface area (Å²) in [6.45, 7) is 2.98. The van der Waals surface area contributed by atoms with Crippen LogP contribution in [0.3, 0.4) is 0 Å². The summed E-state index contributed by atoms with van der Waals surface area (Å²) in [6.07, 6.45) is 13.4. The Balaban J connectivity index is 1.44. The van der Waals surface area contributed by atoms with Crippen molar-refractivity contribution >= 4 is 0 Å². The Morgan fingerprint density at radius 3 is 2.47 bits per heavy atom. The van der Waals surface area contributed by atoms with Gasteiger partial charge in [-0.05, 0) is 50.9 Å². The molecule has 0 aromatic carbocycles. The van der Waals surface area contributed by atoms with E-state index in [0.29, 0.717) is 6.10 Å². The summed E-state index contributed by atoms with van der Waals surface area (Å²) < 4.78 is 5.64. The topological polar surface area (TPSA) is 21.3 Å². The van der Waals surface area contributed by atoms with Gasteiger partial charge in [-0.2, -0.15) is 0 Å². The molecule has 3 aliphatic rings. The highest BCUT2D eigenvalue weighted by Gasteiger charge is 2.48. The standard InChI is InChI=1S/C15H27NO/c1-2-17-13-10-12(11-13)16-14-6-9-15(14)7-4-3-5-8-15/h12-14,16H,2-11H2,1H3. The van der Waals surface area contributed by atoms with Crippen LogP contribution in [-0.4, -0.2) is 24.8 Å². The molecule has 98 valence electrons. The Hall–Kier alpha value is -0.0800. The highest BCUT2D eigenvalue weighted by molar-refractivity contribution is 5.04. The fraction of sp³-hybridized carbons (Fsp3) is 1.00. The molecule has 0 amide bonds. The van der Waals surface area contributed by atoms with E-state index in [1.807, 2.05) is 0 Å². The van der Waals surface area contributed by atoms with Crippen molar-refractivity contribution in [1.29, 1.82) is 0 Å². The minimum absolute atomic E-state index is 0.555. The molecular weight excluding hydrogens is 210 g/mol. The van der Waals surface area contributed by atoms with Crippen molar-refractivity contribution in [2.45, 2.75) is 82.9 Å². The summed E-state index contributed by atoms with van der Waals surface area (Å²) in [5, 5.41) is 3.92. The molecule has 3 saturated carbocycles. The second-order valence-electron chi connectivity index (χ2n) is 6.43. The van der Waals surface area contributed by atoms with E-state index in [0.717, 1.165) is 24.1 Å². The molecule has 1 spiro atoms. The lowest BCUT2D eigenvalue weighted by molar-refractivity contribution is -0.0390. The number of nitrogens with one attached hydrogen (secondary N) is 1. The molecule has 1 N–H and O–H groups in total. The van der Waals surface area contributed by atoms with E-state index >= 15 is 0 Å². The second-order valence-corrected chi connectivity index (χ2v) is 6.43. The maximum Gasteiger partial charge on any atom is 0.0604 e. The third-order valence-corrected chi connectivity index (χ3v) is 5.45. The molecule has 0 aliphatic heterocycles. The van der Waals surface area contributed by atoms with Crippen LogP contribution >= 0.6 is 0 Å². The van der Waals surface area contributed by atoms with E-state index in [2.05, 4.69) is 12.2 Å². The normalized spacial score (nSPS) is 39.7. The Labute approximate surface area is 105 Å². The van der Waals surface area contributed by atoms with E-state index in [1.165, 1.54) is 57.8 Å². The summed E-state index contributed by atoms with van der Waals surface area (Å²) in [6, 6.07) is 1.60. The predicted molar refractivity (Wildman–Crippen MR) is 70.1 cm³/mol. The van der Waals surface area contributed by atoms with Crippen LogP contribution in [0.25, 0.3) is 0 Å². The van der Waals surface area contributed by atoms with Crippen molar-refractivity contribution in [3.63, 3.8) is 0 Å². The maximum absolute atomic E-state index is 5.64. The highest BCUT2D eigenvalue weighted by Crippen LogP contribution is 2.52. The SMILES string of the molecule is CCOC1CC(NC2CCC23CCCCC3)C1. The Morgan fingerprint density at radius 1 is 1.12 bits per heavy atom. The number of ether oxygens (including phenoxy) is 1. The predicted octanol–water partition coefficient (Wildman–Crippen LogP) is 3.26. The Kier molecular flexibility index (Phi) is 3.45. The van der Waals surface area contributed by atoms with Crippen LogP contribution in [0.15, 0.2) is 0 Å². The van der Waals surface area contributed by atoms with Crippen LogP contribution in [0.1, 0.15) is 64.7 Å². The Bertz CT molecular complexity index is 254. The van der Waals surface area contributed by atoms with Crippen LogP contribution in [0.2, 0.25) is 0 Å². The molecule has 0 aromatic heterocycles. The van der Waals surface area contributed by atoms with Crippen LogP contribution in [0.5, 0.6) is 0 Å². The van der Waals surface area contributed by atoms with Crippen molar-refractivity contribution in [3.05, 3.63) is 0 Å². The van der Waals surface area contributed by atoms with Gasteiger partial charge < -0.3 is 10.1 Å². The fourth-order valence-corrected chi connectivity index (χ4v) is 4.17. The number of rotatable bonds is 4. The van der Waals surface area contributed by atoms with Gasteiger partial charge in [0.1, 0.15) is 0 Å². The van der Waals surface area contributed by atoms with Crippen LogP contribution < -0.4 is 5.32 Å². The molecule has 0 saturated heterocycles. The van der Waals surface area contributed by atoms with E-state index in [1.54, 1.807) is 0 Å². The van der Waals surface area contributed by atoms with Crippen LogP contribution in [0, 0.1) is 5.41 Å². The van der Waals surface area contributed by atoms with Crippen LogP contribution in [0.4, 0.5) is 0 Å². The van der Waals surface area contributed by atoms with E-state index in [4.69, 9.17) is 4.74 Å². The maximum atomic E-state index is 5.64. The van der Waals surface area contributed by atoms with Gasteiger partial charge in [-0.3, -0.25) is 0 Å². The lowest BCUT2D eigenvalue weighted by Crippen LogP contribution is -2.60. The molecule has 0 radical (unpaired) electrons. The largest absolute Gasteiger partial charge is 0.378 e. The van der Waals surface area contributed by atoms with E-state index in [-0.39, 0.29) is 0 Å². The van der Waals surface area contributed by atoms with Crippen LogP contribution in [-0.2, 0) is 4.74 Å². The van der Waals surface area contributed by atoms with Gasteiger partial charge >= 0.3 is 0 Å². The molecule has 17 heavy (non-hydrogen) atoms. The van der Waals surface area contributed by atoms with Gasteiger partial charge in [0.05, 0.1) is 6.10 Å². The molecule has 0 aromatic rings. The zero-order chi connectivity index (χ0) is 11.7. The van der Waals surface area contributed by atoms with Crippen molar-refractivity contribution in [1.82, 2.24) is 5.32 Å². The molecule has 2 nitrogen and oxygen atoms in total. The first-order valence-corrected chi connectivity index (χ1v) is 7.70. The van der Waals surface area contributed by atoms with Crippen molar-refractivity contribution in [2.75, 3.05) is 6.61 Å². The number of hydrogen-bond acceptors (Lipinski definition) is 2. The quantitative estimate of drug-likeness (QED) is 0.810. The molecular formula is C15H27NO. The Morgan fingerprint density at radius 2 is 1.88 bits per heavy atom. The minimum Gasteiger partial charge on any atom is -0.378 e. The monoisotopic (exact) mass is 237 g/mol. The van der Waals surface area contributed by atoms with Crippen molar-refractivity contribution in [3.8, 4) is 0 Å². The second kappa shape index (κ2) is 4.89.